The highest BCUT2D eigenvalue weighted by Gasteiger charge is 2.41. The number of rotatable bonds is 13. The number of halogens is 9. The van der Waals surface area contributed by atoms with Gasteiger partial charge in [0.1, 0.15) is 6.10 Å². The summed E-state index contributed by atoms with van der Waals surface area (Å²) >= 11 is 1.52. The Balaban J connectivity index is 1.57. The number of hydrogen-bond acceptors (Lipinski definition) is 8. The molecule has 5 rings (SSSR count). The monoisotopic (exact) mass is 778 g/mol. The summed E-state index contributed by atoms with van der Waals surface area (Å²) in [6.07, 6.45) is -8.34. The maximum atomic E-state index is 14.2. The Bertz CT molecular complexity index is 1690. The summed E-state index contributed by atoms with van der Waals surface area (Å²) in [5.41, 5.74) is -3.98. The van der Waals surface area contributed by atoms with Crippen molar-refractivity contribution in [2.75, 3.05) is 41.5 Å². The van der Waals surface area contributed by atoms with Crippen LogP contribution < -0.4 is 14.5 Å². The molecule has 0 spiro atoms. The minimum atomic E-state index is -5.13. The van der Waals surface area contributed by atoms with Crippen molar-refractivity contribution in [2.24, 2.45) is 11.8 Å². The van der Waals surface area contributed by atoms with E-state index in [2.05, 4.69) is 9.97 Å². The van der Waals surface area contributed by atoms with Crippen molar-refractivity contribution in [1.29, 1.82) is 0 Å². The molecule has 1 aliphatic carbocycles. The number of anilines is 2. The number of nitrogens with zero attached hydrogens (tertiary/aromatic N) is 4. The van der Waals surface area contributed by atoms with Crippen molar-refractivity contribution in [3.63, 3.8) is 0 Å². The molecule has 2 aliphatic rings. The van der Waals surface area contributed by atoms with Gasteiger partial charge < -0.3 is 19.3 Å². The third kappa shape index (κ3) is 10.0. The topological polar surface area (TPSA) is 67.8 Å². The van der Waals surface area contributed by atoms with Crippen LogP contribution in [0, 0.1) is 11.8 Å². The number of carbonyl (C=O) groups is 1. The molecular weight excluding hydrogens is 739 g/mol. The van der Waals surface area contributed by atoms with E-state index in [4.69, 9.17) is 9.47 Å². The van der Waals surface area contributed by atoms with Crippen LogP contribution in [0.15, 0.2) is 48.8 Å². The number of alkyl halides is 9. The summed E-state index contributed by atoms with van der Waals surface area (Å²) in [5, 5.41) is 0. The number of hydrogen-bond donors (Lipinski definition) is 0. The van der Waals surface area contributed by atoms with Crippen LogP contribution in [0.2, 0.25) is 0 Å². The molecule has 4 atom stereocenters. The zero-order valence-corrected chi connectivity index (χ0v) is 29.9. The minimum absolute atomic E-state index is 0.0157. The van der Waals surface area contributed by atoms with Crippen LogP contribution >= 0.6 is 11.8 Å². The first-order chi connectivity index (χ1) is 24.9. The third-order valence-corrected chi connectivity index (χ3v) is 10.3. The van der Waals surface area contributed by atoms with Crippen LogP contribution in [-0.4, -0.2) is 53.7 Å². The lowest BCUT2D eigenvalue weighted by molar-refractivity contribution is -0.144. The van der Waals surface area contributed by atoms with Gasteiger partial charge in [-0.05, 0) is 92.8 Å². The van der Waals surface area contributed by atoms with Crippen molar-refractivity contribution in [2.45, 2.75) is 76.8 Å². The highest BCUT2D eigenvalue weighted by atomic mass is 32.2. The first kappa shape index (κ1) is 40.3. The summed E-state index contributed by atoms with van der Waals surface area (Å²) in [5.74, 6) is 0.641. The lowest BCUT2D eigenvalue weighted by Crippen LogP contribution is -2.36. The largest absolute Gasteiger partial charge is 0.489 e. The molecule has 7 nitrogen and oxygen atoms in total. The number of aromatic nitrogens is 2. The van der Waals surface area contributed by atoms with Gasteiger partial charge in [-0.1, -0.05) is 0 Å². The fourth-order valence-electron chi connectivity index (χ4n) is 6.90. The van der Waals surface area contributed by atoms with Crippen LogP contribution in [0.5, 0.6) is 5.75 Å². The molecule has 1 saturated carbocycles. The lowest BCUT2D eigenvalue weighted by atomic mass is 9.79. The first-order valence-corrected chi connectivity index (χ1v) is 18.4. The van der Waals surface area contributed by atoms with Crippen LogP contribution in [-0.2, 0) is 34.6 Å². The summed E-state index contributed by atoms with van der Waals surface area (Å²) in [6.45, 7) is 3.82. The van der Waals surface area contributed by atoms with Crippen LogP contribution in [0.1, 0.15) is 73.4 Å². The molecule has 2 heterocycles. The van der Waals surface area contributed by atoms with Crippen LogP contribution in [0.4, 0.5) is 51.1 Å². The van der Waals surface area contributed by atoms with Gasteiger partial charge in [-0.25, -0.2) is 9.97 Å². The normalized spacial score (nSPS) is 19.8. The highest BCUT2D eigenvalue weighted by Crippen LogP contribution is 2.42. The van der Waals surface area contributed by atoms with Gasteiger partial charge in [0.05, 0.1) is 48.2 Å². The quantitative estimate of drug-likeness (QED) is 0.0967. The van der Waals surface area contributed by atoms with E-state index in [1.807, 2.05) is 18.1 Å². The Morgan fingerprint density at radius 3 is 2.15 bits per heavy atom. The summed E-state index contributed by atoms with van der Waals surface area (Å²) in [7, 11) is 0. The molecule has 1 saturated heterocycles. The molecule has 1 aromatic heterocycles. The Morgan fingerprint density at radius 1 is 0.925 bits per heavy atom. The maximum Gasteiger partial charge on any atom is 0.416 e. The molecule has 53 heavy (non-hydrogen) atoms. The second kappa shape index (κ2) is 16.2. The molecular formula is C36H39F9N4O3S. The highest BCUT2D eigenvalue weighted by molar-refractivity contribution is 7.98. The van der Waals surface area contributed by atoms with Crippen LogP contribution in [0.25, 0.3) is 0 Å². The van der Waals surface area contributed by atoms with E-state index >= 15 is 0 Å². The van der Waals surface area contributed by atoms with Gasteiger partial charge in [-0.15, -0.1) is 0 Å². The van der Waals surface area contributed by atoms with Crippen LogP contribution in [0.3, 0.4) is 0 Å². The predicted molar refractivity (Wildman–Crippen MR) is 182 cm³/mol. The predicted octanol–water partition coefficient (Wildman–Crippen LogP) is 9.60. The summed E-state index contributed by atoms with van der Waals surface area (Å²) < 4.78 is 137. The molecule has 2 aromatic carbocycles. The fourth-order valence-corrected chi connectivity index (χ4v) is 7.15. The molecule has 0 N–H and O–H groups in total. The van der Waals surface area contributed by atoms with Gasteiger partial charge >= 0.3 is 24.5 Å². The summed E-state index contributed by atoms with van der Waals surface area (Å²) in [4.78, 5) is 23.7. The molecule has 0 amide bonds. The number of thioether (sulfide) groups is 1. The number of ether oxygens (including phenoxy) is 2. The van der Waals surface area contributed by atoms with E-state index in [1.54, 1.807) is 0 Å². The maximum absolute atomic E-state index is 14.2. The fraction of sp³-hybridized carbons (Fsp3) is 0.528. The number of esters is 1. The zero-order chi connectivity index (χ0) is 38.7. The molecule has 17 heteroatoms. The molecule has 0 unspecified atom stereocenters. The van der Waals surface area contributed by atoms with E-state index in [9.17, 15) is 44.3 Å². The average molecular weight is 779 g/mol. The Kier molecular flexibility index (Phi) is 12.3. The van der Waals surface area contributed by atoms with Crippen molar-refractivity contribution < 1.29 is 53.8 Å². The second-order valence-electron chi connectivity index (χ2n) is 13.3. The molecule has 3 aromatic rings. The van der Waals surface area contributed by atoms with Gasteiger partial charge in [0.25, 0.3) is 0 Å². The van der Waals surface area contributed by atoms with E-state index in [0.717, 1.165) is 25.0 Å². The van der Waals surface area contributed by atoms with Gasteiger partial charge in [-0.2, -0.15) is 51.3 Å². The minimum Gasteiger partial charge on any atom is -0.489 e. The first-order valence-electron chi connectivity index (χ1n) is 17.0. The SMILES string of the molecule is CCN(C[C@H]1CC[C@@H]2CC(=O)O[C@@H]2C1)c1ccc(C(F)(F)F)cc1CN(c1ncc(OCCSC)cn1)[C@@H](C)c1cc(C(F)(F)F)cc(C(F)(F)F)c1. The summed E-state index contributed by atoms with van der Waals surface area (Å²) in [6, 6.07) is 3.08. The smallest absolute Gasteiger partial charge is 0.416 e. The molecule has 0 bridgehead atoms. The number of carbonyl (C=O) groups excluding carboxylic acids is 1. The zero-order valence-electron chi connectivity index (χ0n) is 29.1. The molecule has 290 valence electrons. The van der Waals surface area contributed by atoms with Gasteiger partial charge in [0.15, 0.2) is 5.75 Å². The number of benzene rings is 2. The van der Waals surface area contributed by atoms with E-state index in [-0.39, 0.29) is 47.2 Å². The van der Waals surface area contributed by atoms with E-state index in [1.165, 1.54) is 42.0 Å². The van der Waals surface area contributed by atoms with Crippen molar-refractivity contribution in [3.8, 4) is 5.75 Å². The van der Waals surface area contributed by atoms with Crippen molar-refractivity contribution in [1.82, 2.24) is 9.97 Å². The molecule has 1 aliphatic heterocycles. The standard InChI is InChI=1S/C36H39F9N4O3S/c1-4-48(19-22-5-6-23-15-32(50)52-31(23)11-22)30-8-7-26(34(37,38)39)14-25(30)20-49(33-46-17-29(18-47-33)51-9-10-53-3)21(2)24-12-27(35(40,41)42)16-28(13-24)36(43,44)45/h7-8,12-14,16-18,21-23,31H,4-6,9-11,15,19-20H2,1-3H3/t21-,22-,23+,31+/m0/s1. The van der Waals surface area contributed by atoms with Gasteiger partial charge in [0, 0.05) is 37.0 Å². The molecule has 2 fully saturated rings. The third-order valence-electron chi connectivity index (χ3n) is 9.68. The Morgan fingerprint density at radius 2 is 1.57 bits per heavy atom. The van der Waals surface area contributed by atoms with E-state index in [0.29, 0.717) is 56.1 Å². The Labute approximate surface area is 305 Å². The van der Waals surface area contributed by atoms with Crippen molar-refractivity contribution in [3.05, 3.63) is 76.6 Å². The average Bonchev–Trinajstić information content (AvgIpc) is 3.47. The lowest BCUT2D eigenvalue weighted by Gasteiger charge is -2.36. The second-order valence-corrected chi connectivity index (χ2v) is 14.2. The number of fused-ring (bicyclic) bond motifs is 1. The van der Waals surface area contributed by atoms with Gasteiger partial charge in [0.2, 0.25) is 5.95 Å². The van der Waals surface area contributed by atoms with Gasteiger partial charge in [-0.3, -0.25) is 4.79 Å². The van der Waals surface area contributed by atoms with Crippen molar-refractivity contribution >= 4 is 29.4 Å². The Hall–Kier alpha value is -3.89. The molecule has 0 radical (unpaired) electrons. The van der Waals surface area contributed by atoms with E-state index < -0.39 is 53.4 Å².